The third-order valence-electron chi connectivity index (χ3n) is 4.08. The Kier molecular flexibility index (Phi) is 3.57. The molecule has 1 aliphatic heterocycles. The minimum Gasteiger partial charge on any atom is -0.497 e. The molecule has 6 heteroatoms. The number of benzene rings is 1. The van der Waals surface area contributed by atoms with E-state index in [0.717, 1.165) is 23.1 Å². The Balaban J connectivity index is 1.87. The molecule has 2 aromatic heterocycles. The molecular formula is C18H15FN4O. The van der Waals surface area contributed by atoms with Crippen molar-refractivity contribution in [3.8, 4) is 17.0 Å². The van der Waals surface area contributed by atoms with Gasteiger partial charge in [-0.3, -0.25) is 4.99 Å². The molecule has 0 radical (unpaired) electrons. The lowest BCUT2D eigenvalue weighted by Gasteiger charge is -2.06. The standard InChI is InChI=1S/C18H15FN4O/c1-24-12-2-3-15(19)13(8-12)17-14-9-16(11-4-6-20-7-5-11)23-18(14)22-10-21-17/h2-4,7-10H,5-6H2,1H3,(H,21,22,23). The van der Waals surface area contributed by atoms with E-state index in [1.54, 1.807) is 19.2 Å². The second kappa shape index (κ2) is 5.88. The minimum atomic E-state index is -0.345. The quantitative estimate of drug-likeness (QED) is 0.801. The number of hydrogen-bond donors (Lipinski definition) is 1. The fraction of sp³-hybridized carbons (Fsp3) is 0.167. The molecule has 0 bridgehead atoms. The van der Waals surface area contributed by atoms with Crippen molar-refractivity contribution in [1.29, 1.82) is 0 Å². The summed E-state index contributed by atoms with van der Waals surface area (Å²) in [6.45, 7) is 0.674. The summed E-state index contributed by atoms with van der Waals surface area (Å²) in [6, 6.07) is 6.59. The summed E-state index contributed by atoms with van der Waals surface area (Å²) >= 11 is 0. The second-order valence-electron chi connectivity index (χ2n) is 5.49. The molecule has 0 atom stereocenters. The monoisotopic (exact) mass is 322 g/mol. The molecular weight excluding hydrogens is 307 g/mol. The third-order valence-corrected chi connectivity index (χ3v) is 4.08. The topological polar surface area (TPSA) is 63.2 Å². The van der Waals surface area contributed by atoms with E-state index in [9.17, 15) is 4.39 Å². The lowest BCUT2D eigenvalue weighted by Crippen LogP contribution is -1.93. The molecule has 0 aliphatic carbocycles. The predicted octanol–water partition coefficient (Wildman–Crippen LogP) is 3.63. The number of aromatic amines is 1. The number of halogens is 1. The first kappa shape index (κ1) is 14.6. The summed E-state index contributed by atoms with van der Waals surface area (Å²) in [5.74, 6) is 0.239. The van der Waals surface area contributed by atoms with Gasteiger partial charge in [-0.2, -0.15) is 0 Å². The van der Waals surface area contributed by atoms with Crippen LogP contribution in [-0.2, 0) is 0 Å². The molecule has 0 amide bonds. The van der Waals surface area contributed by atoms with E-state index in [1.165, 1.54) is 12.4 Å². The summed E-state index contributed by atoms with van der Waals surface area (Å²) < 4.78 is 19.5. The summed E-state index contributed by atoms with van der Waals surface area (Å²) in [4.78, 5) is 16.1. The zero-order valence-electron chi connectivity index (χ0n) is 13.1. The van der Waals surface area contributed by atoms with E-state index < -0.39 is 0 Å². The van der Waals surface area contributed by atoms with Crippen molar-refractivity contribution in [3.05, 3.63) is 48.2 Å². The van der Waals surface area contributed by atoms with Crippen molar-refractivity contribution in [2.24, 2.45) is 4.99 Å². The van der Waals surface area contributed by atoms with Crippen molar-refractivity contribution in [3.63, 3.8) is 0 Å². The van der Waals surface area contributed by atoms with Crippen molar-refractivity contribution in [2.45, 2.75) is 6.42 Å². The normalized spacial score (nSPS) is 14.0. The number of ether oxygens (including phenoxy) is 1. The van der Waals surface area contributed by atoms with Crippen LogP contribution in [0.1, 0.15) is 12.1 Å². The van der Waals surface area contributed by atoms with Gasteiger partial charge in [0.25, 0.3) is 0 Å². The van der Waals surface area contributed by atoms with Gasteiger partial charge < -0.3 is 9.72 Å². The lowest BCUT2D eigenvalue weighted by atomic mass is 10.1. The first-order valence-electron chi connectivity index (χ1n) is 7.61. The molecule has 0 fully saturated rings. The van der Waals surface area contributed by atoms with Crippen LogP contribution in [0.3, 0.4) is 0 Å². The number of nitrogens with zero attached hydrogens (tertiary/aromatic N) is 3. The van der Waals surface area contributed by atoms with Gasteiger partial charge in [0.15, 0.2) is 0 Å². The van der Waals surface area contributed by atoms with Crippen molar-refractivity contribution >= 4 is 22.8 Å². The summed E-state index contributed by atoms with van der Waals surface area (Å²) in [7, 11) is 1.55. The number of H-pyrrole nitrogens is 1. The minimum absolute atomic E-state index is 0.345. The molecule has 120 valence electrons. The summed E-state index contributed by atoms with van der Waals surface area (Å²) in [6.07, 6.45) is 6.18. The maximum absolute atomic E-state index is 14.3. The van der Waals surface area contributed by atoms with Crippen molar-refractivity contribution in [1.82, 2.24) is 15.0 Å². The van der Waals surface area contributed by atoms with Crippen LogP contribution in [0.5, 0.6) is 5.75 Å². The molecule has 0 unspecified atom stereocenters. The van der Waals surface area contributed by atoms with Crippen LogP contribution < -0.4 is 4.74 Å². The second-order valence-corrected chi connectivity index (χ2v) is 5.49. The number of nitrogens with one attached hydrogen (secondary N) is 1. The Morgan fingerprint density at radius 2 is 2.12 bits per heavy atom. The molecule has 24 heavy (non-hydrogen) atoms. The van der Waals surface area contributed by atoms with Crippen LogP contribution in [0, 0.1) is 5.82 Å². The molecule has 1 aliphatic rings. The zero-order chi connectivity index (χ0) is 16.5. The maximum Gasteiger partial charge on any atom is 0.141 e. The van der Waals surface area contributed by atoms with E-state index in [0.29, 0.717) is 29.2 Å². The van der Waals surface area contributed by atoms with Gasteiger partial charge in [0.2, 0.25) is 0 Å². The molecule has 3 aromatic rings. The Hall–Kier alpha value is -3.02. The van der Waals surface area contributed by atoms with Gasteiger partial charge in [0, 0.05) is 29.3 Å². The highest BCUT2D eigenvalue weighted by atomic mass is 19.1. The Labute approximate surface area is 137 Å². The van der Waals surface area contributed by atoms with Gasteiger partial charge in [0.1, 0.15) is 23.5 Å². The number of aromatic nitrogens is 3. The first-order valence-corrected chi connectivity index (χ1v) is 7.61. The average molecular weight is 322 g/mol. The smallest absolute Gasteiger partial charge is 0.141 e. The molecule has 0 spiro atoms. The Morgan fingerprint density at radius 3 is 2.92 bits per heavy atom. The van der Waals surface area contributed by atoms with Crippen LogP contribution in [0.2, 0.25) is 0 Å². The SMILES string of the molecule is COc1ccc(F)c(-c2ncnc3[nH]c(C4=CCN=CC4)cc23)c1. The molecule has 4 rings (SSSR count). The molecule has 1 aromatic carbocycles. The number of aliphatic imine (C=N–C) groups is 1. The third kappa shape index (κ3) is 2.46. The first-order chi connectivity index (χ1) is 11.8. The fourth-order valence-corrected chi connectivity index (χ4v) is 2.84. The van der Waals surface area contributed by atoms with Crippen LogP contribution in [0.15, 0.2) is 41.7 Å². The van der Waals surface area contributed by atoms with Crippen molar-refractivity contribution < 1.29 is 9.13 Å². The molecule has 5 nitrogen and oxygen atoms in total. The molecule has 3 heterocycles. The Bertz CT molecular complexity index is 974. The summed E-state index contributed by atoms with van der Waals surface area (Å²) in [5, 5.41) is 0.781. The van der Waals surface area contributed by atoms with Gasteiger partial charge in [-0.05, 0) is 29.8 Å². The number of rotatable bonds is 3. The molecule has 0 saturated carbocycles. The van der Waals surface area contributed by atoms with Crippen molar-refractivity contribution in [2.75, 3.05) is 13.7 Å². The number of allylic oxidation sites excluding steroid dienone is 1. The summed E-state index contributed by atoms with van der Waals surface area (Å²) in [5.41, 5.74) is 3.73. The van der Waals surface area contributed by atoms with E-state index in [2.05, 4.69) is 26.0 Å². The van der Waals surface area contributed by atoms with Crippen LogP contribution in [-0.4, -0.2) is 34.8 Å². The lowest BCUT2D eigenvalue weighted by molar-refractivity contribution is 0.414. The molecule has 0 saturated heterocycles. The van der Waals surface area contributed by atoms with Gasteiger partial charge in [-0.15, -0.1) is 0 Å². The largest absolute Gasteiger partial charge is 0.497 e. The van der Waals surface area contributed by atoms with Gasteiger partial charge in [-0.25, -0.2) is 14.4 Å². The highest BCUT2D eigenvalue weighted by Gasteiger charge is 2.16. The predicted molar refractivity (Wildman–Crippen MR) is 91.8 cm³/mol. The van der Waals surface area contributed by atoms with E-state index in [4.69, 9.17) is 4.74 Å². The molecule has 1 N–H and O–H groups in total. The van der Waals surface area contributed by atoms with Crippen LogP contribution in [0.25, 0.3) is 27.9 Å². The fourth-order valence-electron chi connectivity index (χ4n) is 2.84. The van der Waals surface area contributed by atoms with Crippen LogP contribution in [0.4, 0.5) is 4.39 Å². The van der Waals surface area contributed by atoms with Gasteiger partial charge >= 0.3 is 0 Å². The van der Waals surface area contributed by atoms with Gasteiger partial charge in [-0.1, -0.05) is 6.08 Å². The number of dihydropyridines is 1. The number of hydrogen-bond acceptors (Lipinski definition) is 4. The average Bonchev–Trinajstić information content (AvgIpc) is 3.07. The van der Waals surface area contributed by atoms with E-state index in [-0.39, 0.29) is 5.82 Å². The maximum atomic E-state index is 14.3. The number of methoxy groups -OCH3 is 1. The highest BCUT2D eigenvalue weighted by Crippen LogP contribution is 2.32. The van der Waals surface area contributed by atoms with Gasteiger partial charge in [0.05, 0.1) is 19.3 Å². The van der Waals surface area contributed by atoms with Crippen LogP contribution >= 0.6 is 0 Å². The highest BCUT2D eigenvalue weighted by molar-refractivity contribution is 5.94. The van der Waals surface area contributed by atoms with E-state index >= 15 is 0 Å². The Morgan fingerprint density at radius 1 is 1.21 bits per heavy atom. The number of fused-ring (bicyclic) bond motifs is 1. The van der Waals surface area contributed by atoms with E-state index in [1.807, 2.05) is 12.3 Å². The zero-order valence-corrected chi connectivity index (χ0v) is 13.1.